The molecule has 14 heavy (non-hydrogen) atoms. The summed E-state index contributed by atoms with van der Waals surface area (Å²) < 4.78 is 0. The fourth-order valence-electron chi connectivity index (χ4n) is 2.18. The molecule has 0 unspecified atom stereocenters. The molecule has 0 saturated heterocycles. The molecule has 0 spiro atoms. The van der Waals surface area contributed by atoms with Crippen LogP contribution in [0.25, 0.3) is 0 Å². The summed E-state index contributed by atoms with van der Waals surface area (Å²) in [6, 6.07) is 5.26. The maximum Gasteiger partial charge on any atom is 0.0916 e. The lowest BCUT2D eigenvalue weighted by Crippen LogP contribution is -2.39. The van der Waals surface area contributed by atoms with Crippen LogP contribution in [0.3, 0.4) is 0 Å². The van der Waals surface area contributed by atoms with Crippen molar-refractivity contribution < 1.29 is 5.11 Å². The van der Waals surface area contributed by atoms with Crippen molar-refractivity contribution in [2.24, 2.45) is 5.92 Å². The standard InChI is InChI=1S/C11H12Cl2O/c1-7-5-11(14,6-7)9-3-2-8(12)4-10(9)13/h2-4,7,14H,5-6H2,1H3. The van der Waals surface area contributed by atoms with Gasteiger partial charge in [0, 0.05) is 15.6 Å². The molecule has 3 heteroatoms. The first-order valence-corrected chi connectivity index (χ1v) is 5.45. The first-order chi connectivity index (χ1) is 6.51. The molecule has 76 valence electrons. The van der Waals surface area contributed by atoms with Gasteiger partial charge in [0.2, 0.25) is 0 Å². The molecule has 1 aromatic rings. The predicted octanol–water partition coefficient (Wildman–Crippen LogP) is 3.61. The SMILES string of the molecule is CC1CC(O)(c2ccc(Cl)cc2Cl)C1. The van der Waals surface area contributed by atoms with E-state index in [9.17, 15) is 5.11 Å². The van der Waals surface area contributed by atoms with Gasteiger partial charge in [-0.15, -0.1) is 0 Å². The average Bonchev–Trinajstić information content (AvgIpc) is 2.00. The molecule has 1 aliphatic carbocycles. The largest absolute Gasteiger partial charge is 0.385 e. The second kappa shape index (κ2) is 3.41. The van der Waals surface area contributed by atoms with Gasteiger partial charge in [-0.2, -0.15) is 0 Å². The molecule has 1 saturated carbocycles. The van der Waals surface area contributed by atoms with Gasteiger partial charge in [0.25, 0.3) is 0 Å². The Hall–Kier alpha value is -0.240. The lowest BCUT2D eigenvalue weighted by atomic mass is 9.68. The van der Waals surface area contributed by atoms with Crippen LogP contribution in [0.15, 0.2) is 18.2 Å². The highest BCUT2D eigenvalue weighted by molar-refractivity contribution is 6.35. The van der Waals surface area contributed by atoms with Crippen LogP contribution in [0.4, 0.5) is 0 Å². The van der Waals surface area contributed by atoms with Crippen molar-refractivity contribution >= 4 is 23.2 Å². The number of hydrogen-bond acceptors (Lipinski definition) is 1. The molecule has 1 fully saturated rings. The van der Waals surface area contributed by atoms with E-state index < -0.39 is 5.60 Å². The van der Waals surface area contributed by atoms with E-state index in [1.54, 1.807) is 12.1 Å². The van der Waals surface area contributed by atoms with Gasteiger partial charge in [-0.1, -0.05) is 36.2 Å². The summed E-state index contributed by atoms with van der Waals surface area (Å²) >= 11 is 11.8. The lowest BCUT2D eigenvalue weighted by Gasteiger charge is -2.42. The van der Waals surface area contributed by atoms with Gasteiger partial charge in [-0.05, 0) is 30.9 Å². The van der Waals surface area contributed by atoms with Gasteiger partial charge in [0.1, 0.15) is 0 Å². The van der Waals surface area contributed by atoms with E-state index in [4.69, 9.17) is 23.2 Å². The van der Waals surface area contributed by atoms with E-state index in [0.717, 1.165) is 18.4 Å². The fraction of sp³-hybridized carbons (Fsp3) is 0.455. The zero-order chi connectivity index (χ0) is 10.3. The number of aliphatic hydroxyl groups is 1. The van der Waals surface area contributed by atoms with Crippen LogP contribution in [0.2, 0.25) is 10.0 Å². The molecule has 1 N–H and O–H groups in total. The molecule has 2 rings (SSSR count). The highest BCUT2D eigenvalue weighted by Crippen LogP contribution is 2.47. The summed E-state index contributed by atoms with van der Waals surface area (Å²) in [5, 5.41) is 11.4. The van der Waals surface area contributed by atoms with Gasteiger partial charge in [-0.3, -0.25) is 0 Å². The monoisotopic (exact) mass is 230 g/mol. The zero-order valence-corrected chi connectivity index (χ0v) is 9.44. The number of halogens is 2. The van der Waals surface area contributed by atoms with Crippen LogP contribution < -0.4 is 0 Å². The van der Waals surface area contributed by atoms with Crippen molar-refractivity contribution in [3.63, 3.8) is 0 Å². The molecule has 0 aromatic heterocycles. The Morgan fingerprint density at radius 2 is 2.00 bits per heavy atom. The molecule has 0 bridgehead atoms. The van der Waals surface area contributed by atoms with E-state index >= 15 is 0 Å². The normalized spacial score (nSPS) is 31.3. The minimum absolute atomic E-state index is 0.562. The number of rotatable bonds is 1. The first-order valence-electron chi connectivity index (χ1n) is 4.69. The molecule has 1 nitrogen and oxygen atoms in total. The summed E-state index contributed by atoms with van der Waals surface area (Å²) in [5.41, 5.74) is 0.0860. The molecule has 0 amide bonds. The highest BCUT2D eigenvalue weighted by atomic mass is 35.5. The van der Waals surface area contributed by atoms with E-state index in [-0.39, 0.29) is 0 Å². The Bertz CT molecular complexity index is 356. The maximum absolute atomic E-state index is 10.2. The minimum Gasteiger partial charge on any atom is -0.385 e. The van der Waals surface area contributed by atoms with Gasteiger partial charge >= 0.3 is 0 Å². The van der Waals surface area contributed by atoms with E-state index in [0.29, 0.717) is 16.0 Å². The zero-order valence-electron chi connectivity index (χ0n) is 7.93. The van der Waals surface area contributed by atoms with Crippen molar-refractivity contribution in [1.29, 1.82) is 0 Å². The first kappa shape index (κ1) is 10.3. The number of benzene rings is 1. The van der Waals surface area contributed by atoms with Crippen LogP contribution in [-0.2, 0) is 5.60 Å². The third kappa shape index (κ3) is 1.65. The van der Waals surface area contributed by atoms with E-state index in [2.05, 4.69) is 6.92 Å². The van der Waals surface area contributed by atoms with Crippen LogP contribution in [0, 0.1) is 5.92 Å². The molecular weight excluding hydrogens is 219 g/mol. The van der Waals surface area contributed by atoms with Crippen molar-refractivity contribution in [2.75, 3.05) is 0 Å². The molecule has 0 atom stereocenters. The van der Waals surface area contributed by atoms with Crippen molar-refractivity contribution in [1.82, 2.24) is 0 Å². The Morgan fingerprint density at radius 1 is 1.36 bits per heavy atom. The lowest BCUT2D eigenvalue weighted by molar-refractivity contribution is -0.0737. The molecule has 0 heterocycles. The summed E-state index contributed by atoms with van der Waals surface area (Å²) in [5.74, 6) is 0.576. The van der Waals surface area contributed by atoms with Crippen LogP contribution in [0.1, 0.15) is 25.3 Å². The van der Waals surface area contributed by atoms with Crippen molar-refractivity contribution in [2.45, 2.75) is 25.4 Å². The number of hydrogen-bond donors (Lipinski definition) is 1. The van der Waals surface area contributed by atoms with Gasteiger partial charge in [-0.25, -0.2) is 0 Å². The predicted molar refractivity (Wildman–Crippen MR) is 58.8 cm³/mol. The van der Waals surface area contributed by atoms with Crippen LogP contribution >= 0.6 is 23.2 Å². The van der Waals surface area contributed by atoms with Gasteiger partial charge in [0.15, 0.2) is 0 Å². The summed E-state index contributed by atoms with van der Waals surface area (Å²) in [6.45, 7) is 2.12. The molecule has 0 radical (unpaired) electrons. The van der Waals surface area contributed by atoms with Crippen LogP contribution in [0.5, 0.6) is 0 Å². The fourth-order valence-corrected chi connectivity index (χ4v) is 2.76. The third-order valence-electron chi connectivity index (χ3n) is 2.80. The Morgan fingerprint density at radius 3 is 2.50 bits per heavy atom. The minimum atomic E-state index is -0.721. The molecular formula is C11H12Cl2O. The van der Waals surface area contributed by atoms with Crippen molar-refractivity contribution in [3.8, 4) is 0 Å². The second-order valence-electron chi connectivity index (χ2n) is 4.17. The quantitative estimate of drug-likeness (QED) is 0.782. The average molecular weight is 231 g/mol. The van der Waals surface area contributed by atoms with Gasteiger partial charge < -0.3 is 5.11 Å². The summed E-state index contributed by atoms with van der Waals surface area (Å²) in [6.07, 6.45) is 1.57. The molecule has 1 aromatic carbocycles. The van der Waals surface area contributed by atoms with E-state index in [1.807, 2.05) is 6.07 Å². The Labute approximate surface area is 93.7 Å². The smallest absolute Gasteiger partial charge is 0.0916 e. The van der Waals surface area contributed by atoms with Crippen molar-refractivity contribution in [3.05, 3.63) is 33.8 Å². The molecule has 1 aliphatic rings. The van der Waals surface area contributed by atoms with Gasteiger partial charge in [0.05, 0.1) is 5.60 Å². The third-order valence-corrected chi connectivity index (χ3v) is 3.35. The highest BCUT2D eigenvalue weighted by Gasteiger charge is 2.42. The van der Waals surface area contributed by atoms with Crippen LogP contribution in [-0.4, -0.2) is 5.11 Å². The van der Waals surface area contributed by atoms with E-state index in [1.165, 1.54) is 0 Å². The summed E-state index contributed by atoms with van der Waals surface area (Å²) in [4.78, 5) is 0. The Balaban J connectivity index is 2.33. The Kier molecular flexibility index (Phi) is 2.50. The topological polar surface area (TPSA) is 20.2 Å². The maximum atomic E-state index is 10.2. The molecule has 0 aliphatic heterocycles. The second-order valence-corrected chi connectivity index (χ2v) is 5.01. The summed E-state index contributed by atoms with van der Waals surface area (Å²) in [7, 11) is 0.